The Morgan fingerprint density at radius 2 is 1.66 bits per heavy atom. The van der Waals surface area contributed by atoms with Gasteiger partial charge in [0.2, 0.25) is 0 Å². The number of rotatable bonds is 5. The zero-order valence-corrected chi connectivity index (χ0v) is 26.8. The van der Waals surface area contributed by atoms with Crippen LogP contribution >= 0.6 is 22.6 Å². The molecule has 4 rings (SSSR count). The van der Waals surface area contributed by atoms with Gasteiger partial charge in [-0.15, -0.1) is 0 Å². The summed E-state index contributed by atoms with van der Waals surface area (Å²) in [5, 5.41) is 11.7. The first-order valence-electron chi connectivity index (χ1n) is 13.7. The lowest BCUT2D eigenvalue weighted by Crippen LogP contribution is -2.44. The molecule has 1 N–H and O–H groups in total. The SMILES string of the molecule is CC1(C)Cc2nc(C3CCCC3)c([C@H](O)c3ccc(C(F)(F)F)cc3)c(I)c2C(O[Si](C)(C)C(C)(C)C)C1. The van der Waals surface area contributed by atoms with Crippen LogP contribution in [0.3, 0.4) is 0 Å². The lowest BCUT2D eigenvalue weighted by molar-refractivity contribution is -0.137. The number of aliphatic hydroxyl groups excluding tert-OH is 1. The molecule has 0 spiro atoms. The highest BCUT2D eigenvalue weighted by Crippen LogP contribution is 2.51. The Hall–Kier alpha value is -0.973. The summed E-state index contributed by atoms with van der Waals surface area (Å²) < 4.78 is 47.6. The molecule has 0 radical (unpaired) electrons. The van der Waals surface area contributed by atoms with E-state index in [1.165, 1.54) is 12.1 Å². The van der Waals surface area contributed by atoms with Gasteiger partial charge < -0.3 is 9.53 Å². The Bertz CT molecular complexity index is 1170. The van der Waals surface area contributed by atoms with Crippen LogP contribution in [0.1, 0.15) is 118 Å². The Kier molecular flexibility index (Phi) is 8.25. The van der Waals surface area contributed by atoms with Crippen LogP contribution in [0.5, 0.6) is 0 Å². The fourth-order valence-corrected chi connectivity index (χ4v) is 8.16. The number of pyridine rings is 1. The summed E-state index contributed by atoms with van der Waals surface area (Å²) in [5.74, 6) is 0.248. The summed E-state index contributed by atoms with van der Waals surface area (Å²) in [6.07, 6.45) is 0.378. The van der Waals surface area contributed by atoms with Crippen molar-refractivity contribution in [3.05, 3.63) is 61.5 Å². The van der Waals surface area contributed by atoms with E-state index in [1.807, 2.05) is 0 Å². The third-order valence-electron chi connectivity index (χ3n) is 8.83. The van der Waals surface area contributed by atoms with Crippen LogP contribution in [0.4, 0.5) is 13.2 Å². The summed E-state index contributed by atoms with van der Waals surface area (Å²) in [6, 6.07) is 4.90. The Morgan fingerprint density at radius 3 is 2.18 bits per heavy atom. The minimum absolute atomic E-state index is 0.0244. The Balaban J connectivity index is 1.87. The second-order valence-electron chi connectivity index (χ2n) is 13.5. The fraction of sp³-hybridized carbons (Fsp3) is 0.633. The molecule has 1 heterocycles. The van der Waals surface area contributed by atoms with Crippen LogP contribution in [0.2, 0.25) is 18.1 Å². The lowest BCUT2D eigenvalue weighted by atomic mass is 9.74. The van der Waals surface area contributed by atoms with Gasteiger partial charge >= 0.3 is 6.18 Å². The zero-order chi connectivity index (χ0) is 28.3. The molecule has 2 atom stereocenters. The summed E-state index contributed by atoms with van der Waals surface area (Å²) in [7, 11) is -2.12. The first kappa shape index (κ1) is 30.0. The van der Waals surface area contributed by atoms with Crippen LogP contribution in [0.15, 0.2) is 24.3 Å². The summed E-state index contributed by atoms with van der Waals surface area (Å²) in [4.78, 5) is 5.29. The number of fused-ring (bicyclic) bond motifs is 1. The molecule has 0 bridgehead atoms. The largest absolute Gasteiger partial charge is 0.416 e. The maximum Gasteiger partial charge on any atom is 0.416 e. The van der Waals surface area contributed by atoms with Gasteiger partial charge in [-0.1, -0.05) is 59.6 Å². The van der Waals surface area contributed by atoms with Gasteiger partial charge in [0.1, 0.15) is 6.10 Å². The van der Waals surface area contributed by atoms with Gasteiger partial charge in [0.25, 0.3) is 0 Å². The molecule has 1 saturated carbocycles. The second-order valence-corrected chi connectivity index (χ2v) is 19.3. The normalized spacial score (nSPS) is 21.4. The highest BCUT2D eigenvalue weighted by atomic mass is 127. The minimum Gasteiger partial charge on any atom is -0.410 e. The Labute approximate surface area is 240 Å². The molecule has 2 aromatic rings. The molecule has 1 aromatic heterocycles. The maximum absolute atomic E-state index is 13.2. The molecular formula is C30H41F3INO2Si. The number of alkyl halides is 3. The molecule has 1 aromatic carbocycles. The molecule has 3 nitrogen and oxygen atoms in total. The molecule has 0 aliphatic heterocycles. The van der Waals surface area contributed by atoms with Crippen molar-refractivity contribution in [3.8, 4) is 0 Å². The van der Waals surface area contributed by atoms with Gasteiger partial charge in [-0.3, -0.25) is 4.98 Å². The molecule has 38 heavy (non-hydrogen) atoms. The summed E-state index contributed by atoms with van der Waals surface area (Å²) in [5.41, 5.74) is 3.55. The topological polar surface area (TPSA) is 42.4 Å². The molecule has 2 aliphatic carbocycles. The maximum atomic E-state index is 13.2. The molecule has 1 fully saturated rings. The van der Waals surface area contributed by atoms with Crippen LogP contribution in [-0.4, -0.2) is 18.4 Å². The van der Waals surface area contributed by atoms with Crippen molar-refractivity contribution in [2.45, 2.75) is 116 Å². The first-order chi connectivity index (χ1) is 17.4. The predicted octanol–water partition coefficient (Wildman–Crippen LogP) is 9.48. The standard InChI is InChI=1S/C30H41F3INO2Si/c1-28(2,3)38(6,7)37-22-17-29(4,5)16-21-23(22)25(34)24(26(35-21)18-10-8-9-11-18)27(36)19-12-14-20(15-13-19)30(31,32)33/h12-15,18,22,27,36H,8-11,16-17H2,1-7H3/t22?,27-/m1/s1. The third kappa shape index (κ3) is 6.03. The van der Waals surface area contributed by atoms with Gasteiger partial charge in [-0.05, 0) is 89.5 Å². The third-order valence-corrected chi connectivity index (χ3v) is 14.5. The van der Waals surface area contributed by atoms with Crippen LogP contribution in [0, 0.1) is 8.99 Å². The predicted molar refractivity (Wildman–Crippen MR) is 157 cm³/mol. The van der Waals surface area contributed by atoms with Gasteiger partial charge in [0, 0.05) is 26.3 Å². The quantitative estimate of drug-likeness (QED) is 0.257. The highest BCUT2D eigenvalue weighted by Gasteiger charge is 2.45. The second kappa shape index (κ2) is 10.5. The number of nitrogens with zero attached hydrogens (tertiary/aromatic N) is 1. The molecule has 1 unspecified atom stereocenters. The molecule has 0 amide bonds. The summed E-state index contributed by atoms with van der Waals surface area (Å²) >= 11 is 2.35. The molecular weight excluding hydrogens is 618 g/mol. The monoisotopic (exact) mass is 659 g/mol. The van der Waals surface area contributed by atoms with E-state index >= 15 is 0 Å². The van der Waals surface area contributed by atoms with Gasteiger partial charge in [-0.2, -0.15) is 13.2 Å². The van der Waals surface area contributed by atoms with E-state index in [9.17, 15) is 18.3 Å². The summed E-state index contributed by atoms with van der Waals surface area (Å²) in [6.45, 7) is 15.8. The van der Waals surface area contributed by atoms with Gasteiger partial charge in [-0.25, -0.2) is 0 Å². The number of aliphatic hydroxyl groups is 1. The number of halogens is 4. The molecule has 0 saturated heterocycles. The van der Waals surface area contributed by atoms with E-state index in [-0.39, 0.29) is 22.5 Å². The number of aromatic nitrogens is 1. The highest BCUT2D eigenvalue weighted by molar-refractivity contribution is 14.1. The van der Waals surface area contributed by atoms with E-state index in [2.05, 4.69) is 70.3 Å². The lowest BCUT2D eigenvalue weighted by Gasteiger charge is -2.44. The number of hydrogen-bond acceptors (Lipinski definition) is 3. The number of hydrogen-bond donors (Lipinski definition) is 1. The van der Waals surface area contributed by atoms with Gasteiger partial charge in [0.15, 0.2) is 8.32 Å². The van der Waals surface area contributed by atoms with Crippen molar-refractivity contribution in [2.75, 3.05) is 0 Å². The van der Waals surface area contributed by atoms with Crippen LogP contribution < -0.4 is 0 Å². The van der Waals surface area contributed by atoms with Crippen molar-refractivity contribution in [3.63, 3.8) is 0 Å². The zero-order valence-electron chi connectivity index (χ0n) is 23.6. The average molecular weight is 660 g/mol. The van der Waals surface area contributed by atoms with E-state index in [1.54, 1.807) is 0 Å². The van der Waals surface area contributed by atoms with Crippen molar-refractivity contribution in [1.29, 1.82) is 0 Å². The molecule has 8 heteroatoms. The smallest absolute Gasteiger partial charge is 0.410 e. The molecule has 210 valence electrons. The minimum atomic E-state index is -4.42. The van der Waals surface area contributed by atoms with E-state index in [0.717, 1.165) is 76.7 Å². The van der Waals surface area contributed by atoms with Crippen molar-refractivity contribution in [1.82, 2.24) is 4.98 Å². The average Bonchev–Trinajstić information content (AvgIpc) is 3.30. The van der Waals surface area contributed by atoms with Gasteiger partial charge in [0.05, 0.1) is 17.4 Å². The van der Waals surface area contributed by atoms with E-state index in [4.69, 9.17) is 9.41 Å². The Morgan fingerprint density at radius 1 is 1.08 bits per heavy atom. The van der Waals surface area contributed by atoms with Crippen molar-refractivity contribution >= 4 is 30.9 Å². The first-order valence-corrected chi connectivity index (χ1v) is 17.6. The van der Waals surface area contributed by atoms with Crippen molar-refractivity contribution < 1.29 is 22.7 Å². The fourth-order valence-electron chi connectivity index (χ4n) is 5.67. The van der Waals surface area contributed by atoms with E-state index in [0.29, 0.717) is 5.56 Å². The van der Waals surface area contributed by atoms with Crippen molar-refractivity contribution in [2.24, 2.45) is 5.41 Å². The van der Waals surface area contributed by atoms with E-state index < -0.39 is 26.2 Å². The number of benzene rings is 1. The molecule has 2 aliphatic rings. The van der Waals surface area contributed by atoms with Crippen LogP contribution in [-0.2, 0) is 17.0 Å². The van der Waals surface area contributed by atoms with Crippen LogP contribution in [0.25, 0.3) is 0 Å².